The van der Waals surface area contributed by atoms with Crippen LogP contribution in [0, 0.1) is 0 Å². The Bertz CT molecular complexity index is 555. The first-order chi connectivity index (χ1) is 8.63. The van der Waals surface area contributed by atoms with Crippen molar-refractivity contribution in [3.63, 3.8) is 0 Å². The van der Waals surface area contributed by atoms with Crippen molar-refractivity contribution in [1.82, 2.24) is 5.16 Å². The number of aromatic nitrogens is 1. The van der Waals surface area contributed by atoms with Crippen LogP contribution in [0.4, 0.5) is 5.88 Å². The van der Waals surface area contributed by atoms with Gasteiger partial charge in [-0.05, 0) is 12.1 Å². The fourth-order valence-electron chi connectivity index (χ4n) is 1.69. The molecule has 1 aromatic heterocycles. The number of nitrogen functional groups attached to an aromatic ring is 1. The summed E-state index contributed by atoms with van der Waals surface area (Å²) in [7, 11) is 1.62. The van der Waals surface area contributed by atoms with Gasteiger partial charge in [0.1, 0.15) is 0 Å². The minimum absolute atomic E-state index is 0.241. The molecule has 0 amide bonds. The fourth-order valence-corrected chi connectivity index (χ4v) is 2.19. The molecular formula is C12H12Cl2N2O2. The molecule has 1 heterocycles. The molecule has 0 aliphatic rings. The SMILES string of the molecule is COCCc1noc(N)c1-c1ccc(Cl)cc1Cl. The van der Waals surface area contributed by atoms with E-state index in [-0.39, 0.29) is 5.88 Å². The molecule has 0 atom stereocenters. The third kappa shape index (κ3) is 2.61. The van der Waals surface area contributed by atoms with E-state index in [0.717, 1.165) is 11.3 Å². The first-order valence-corrected chi connectivity index (χ1v) is 6.07. The van der Waals surface area contributed by atoms with Crippen molar-refractivity contribution in [3.8, 4) is 11.1 Å². The van der Waals surface area contributed by atoms with E-state index in [9.17, 15) is 0 Å². The minimum Gasteiger partial charge on any atom is -0.384 e. The van der Waals surface area contributed by atoms with Crippen LogP contribution in [-0.2, 0) is 11.2 Å². The van der Waals surface area contributed by atoms with E-state index in [1.807, 2.05) is 0 Å². The Labute approximate surface area is 115 Å². The molecule has 0 bridgehead atoms. The van der Waals surface area contributed by atoms with Crippen LogP contribution in [0.1, 0.15) is 5.69 Å². The summed E-state index contributed by atoms with van der Waals surface area (Å²) < 4.78 is 10.0. The van der Waals surface area contributed by atoms with Gasteiger partial charge in [0.25, 0.3) is 0 Å². The zero-order valence-corrected chi connectivity index (χ0v) is 11.3. The van der Waals surface area contributed by atoms with Crippen LogP contribution in [0.15, 0.2) is 22.7 Å². The smallest absolute Gasteiger partial charge is 0.230 e. The maximum absolute atomic E-state index is 6.16. The maximum atomic E-state index is 6.16. The number of nitrogens with zero attached hydrogens (tertiary/aromatic N) is 1. The Balaban J connectivity index is 2.45. The molecule has 96 valence electrons. The lowest BCUT2D eigenvalue weighted by molar-refractivity contribution is 0.200. The van der Waals surface area contributed by atoms with Gasteiger partial charge in [-0.25, -0.2) is 0 Å². The van der Waals surface area contributed by atoms with Crippen molar-refractivity contribution in [2.75, 3.05) is 19.5 Å². The molecule has 0 aliphatic carbocycles. The second-order valence-electron chi connectivity index (χ2n) is 3.74. The average molecular weight is 287 g/mol. The van der Waals surface area contributed by atoms with Crippen molar-refractivity contribution < 1.29 is 9.26 Å². The molecule has 0 radical (unpaired) electrons. The number of ether oxygens (including phenoxy) is 1. The molecule has 2 aromatic rings. The predicted octanol–water partition coefficient (Wildman–Crippen LogP) is 3.42. The van der Waals surface area contributed by atoms with Gasteiger partial charge in [0.2, 0.25) is 5.88 Å². The molecule has 0 saturated heterocycles. The van der Waals surface area contributed by atoms with Gasteiger partial charge < -0.3 is 15.0 Å². The average Bonchev–Trinajstić information content (AvgIpc) is 2.68. The summed E-state index contributed by atoms with van der Waals surface area (Å²) in [5.74, 6) is 0.241. The molecule has 2 rings (SSSR count). The highest BCUT2D eigenvalue weighted by atomic mass is 35.5. The summed E-state index contributed by atoms with van der Waals surface area (Å²) in [4.78, 5) is 0. The molecule has 0 fully saturated rings. The lowest BCUT2D eigenvalue weighted by Crippen LogP contribution is -1.97. The summed E-state index contributed by atoms with van der Waals surface area (Å²) in [5, 5.41) is 5.00. The van der Waals surface area contributed by atoms with Gasteiger partial charge in [-0.3, -0.25) is 0 Å². The van der Waals surface area contributed by atoms with Crippen molar-refractivity contribution in [2.45, 2.75) is 6.42 Å². The van der Waals surface area contributed by atoms with Crippen LogP contribution in [-0.4, -0.2) is 18.9 Å². The maximum Gasteiger partial charge on any atom is 0.230 e. The monoisotopic (exact) mass is 286 g/mol. The predicted molar refractivity (Wildman–Crippen MR) is 72.0 cm³/mol. The van der Waals surface area contributed by atoms with E-state index in [4.69, 9.17) is 38.2 Å². The van der Waals surface area contributed by atoms with E-state index in [2.05, 4.69) is 5.16 Å². The molecular weight excluding hydrogens is 275 g/mol. The van der Waals surface area contributed by atoms with Gasteiger partial charge in [0.05, 0.1) is 22.9 Å². The molecule has 0 unspecified atom stereocenters. The largest absolute Gasteiger partial charge is 0.384 e. The van der Waals surface area contributed by atoms with Crippen molar-refractivity contribution >= 4 is 29.1 Å². The van der Waals surface area contributed by atoms with Gasteiger partial charge in [-0.2, -0.15) is 0 Å². The molecule has 18 heavy (non-hydrogen) atoms. The van der Waals surface area contributed by atoms with Crippen LogP contribution in [0.25, 0.3) is 11.1 Å². The highest BCUT2D eigenvalue weighted by Crippen LogP contribution is 2.36. The number of hydrogen-bond donors (Lipinski definition) is 1. The highest BCUT2D eigenvalue weighted by Gasteiger charge is 2.18. The van der Waals surface area contributed by atoms with E-state index in [1.54, 1.807) is 25.3 Å². The van der Waals surface area contributed by atoms with E-state index in [0.29, 0.717) is 28.6 Å². The third-order valence-electron chi connectivity index (χ3n) is 2.53. The molecule has 6 heteroatoms. The Morgan fingerprint density at radius 1 is 1.39 bits per heavy atom. The molecule has 2 N–H and O–H groups in total. The van der Waals surface area contributed by atoms with Gasteiger partial charge in [0.15, 0.2) is 0 Å². The number of hydrogen-bond acceptors (Lipinski definition) is 4. The van der Waals surface area contributed by atoms with Crippen LogP contribution in [0.3, 0.4) is 0 Å². The normalized spacial score (nSPS) is 10.8. The Hall–Kier alpha value is -1.23. The van der Waals surface area contributed by atoms with E-state index in [1.165, 1.54) is 0 Å². The second-order valence-corrected chi connectivity index (χ2v) is 4.58. The Morgan fingerprint density at radius 3 is 2.83 bits per heavy atom. The summed E-state index contributed by atoms with van der Waals surface area (Å²) in [6.45, 7) is 0.532. The lowest BCUT2D eigenvalue weighted by atomic mass is 10.0. The Morgan fingerprint density at radius 2 is 2.17 bits per heavy atom. The third-order valence-corrected chi connectivity index (χ3v) is 3.08. The van der Waals surface area contributed by atoms with Crippen LogP contribution < -0.4 is 5.73 Å². The molecule has 0 aliphatic heterocycles. The van der Waals surface area contributed by atoms with Gasteiger partial charge in [-0.1, -0.05) is 34.4 Å². The number of halogens is 2. The fraction of sp³-hybridized carbons (Fsp3) is 0.250. The van der Waals surface area contributed by atoms with Crippen LogP contribution >= 0.6 is 23.2 Å². The molecule has 4 nitrogen and oxygen atoms in total. The second kappa shape index (κ2) is 5.61. The summed E-state index contributed by atoms with van der Waals surface area (Å²) in [6.07, 6.45) is 0.603. The number of benzene rings is 1. The minimum atomic E-state index is 0.241. The quantitative estimate of drug-likeness (QED) is 0.936. The van der Waals surface area contributed by atoms with Crippen molar-refractivity contribution in [3.05, 3.63) is 33.9 Å². The van der Waals surface area contributed by atoms with Gasteiger partial charge in [-0.15, -0.1) is 0 Å². The molecule has 1 aromatic carbocycles. The number of anilines is 1. The molecule has 0 spiro atoms. The summed E-state index contributed by atoms with van der Waals surface area (Å²) >= 11 is 12.0. The topological polar surface area (TPSA) is 61.3 Å². The summed E-state index contributed by atoms with van der Waals surface area (Å²) in [6, 6.07) is 5.20. The van der Waals surface area contributed by atoms with E-state index >= 15 is 0 Å². The zero-order valence-electron chi connectivity index (χ0n) is 9.74. The van der Waals surface area contributed by atoms with Gasteiger partial charge >= 0.3 is 0 Å². The first-order valence-electron chi connectivity index (χ1n) is 5.32. The standard InChI is InChI=1S/C12H12Cl2N2O2/c1-17-5-4-10-11(12(15)18-16-10)8-3-2-7(13)6-9(8)14/h2-3,6H,4-5,15H2,1H3. The number of methoxy groups -OCH3 is 1. The number of rotatable bonds is 4. The molecule has 0 saturated carbocycles. The van der Waals surface area contributed by atoms with Crippen molar-refractivity contribution in [2.24, 2.45) is 0 Å². The first kappa shape index (κ1) is 13.2. The highest BCUT2D eigenvalue weighted by molar-refractivity contribution is 6.36. The van der Waals surface area contributed by atoms with Crippen molar-refractivity contribution in [1.29, 1.82) is 0 Å². The lowest BCUT2D eigenvalue weighted by Gasteiger charge is -2.05. The van der Waals surface area contributed by atoms with E-state index < -0.39 is 0 Å². The Kier molecular flexibility index (Phi) is 4.11. The van der Waals surface area contributed by atoms with Gasteiger partial charge in [0, 0.05) is 24.1 Å². The van der Waals surface area contributed by atoms with Crippen LogP contribution in [0.2, 0.25) is 10.0 Å². The summed E-state index contributed by atoms with van der Waals surface area (Å²) in [5.41, 5.74) is 7.97. The number of nitrogens with two attached hydrogens (primary N) is 1. The zero-order chi connectivity index (χ0) is 13.1. The van der Waals surface area contributed by atoms with Crippen LogP contribution in [0.5, 0.6) is 0 Å².